The third-order valence-corrected chi connectivity index (χ3v) is 4.47. The summed E-state index contributed by atoms with van der Waals surface area (Å²) in [7, 11) is 1.58. The average Bonchev–Trinajstić information content (AvgIpc) is 2.67. The normalized spacial score (nSPS) is 12.6. The average molecular weight is 420 g/mol. The zero-order valence-corrected chi connectivity index (χ0v) is 17.2. The monoisotopic (exact) mass is 420 g/mol. The predicted octanol–water partition coefficient (Wildman–Crippen LogP) is 5.70. The highest BCUT2D eigenvalue weighted by atomic mass is 19.4. The summed E-state index contributed by atoms with van der Waals surface area (Å²) in [4.78, 5) is 11.8. The van der Waals surface area contributed by atoms with Gasteiger partial charge in [-0.2, -0.15) is 28.5 Å². The molecule has 30 heavy (non-hydrogen) atoms. The van der Waals surface area contributed by atoms with Crippen molar-refractivity contribution in [2.45, 2.75) is 39.6 Å². The molecule has 2 aromatic rings. The Hall–Kier alpha value is -3.23. The maximum atomic E-state index is 13.6. The molecule has 9 heteroatoms. The molecule has 0 fully saturated rings. The lowest BCUT2D eigenvalue weighted by Crippen LogP contribution is -2.25. The molecule has 1 amide bonds. The Morgan fingerprint density at radius 3 is 2.50 bits per heavy atom. The van der Waals surface area contributed by atoms with E-state index in [0.717, 1.165) is 22.2 Å². The lowest BCUT2D eigenvalue weighted by atomic mass is 10.0. The van der Waals surface area contributed by atoms with Gasteiger partial charge in [-0.05, 0) is 43.2 Å². The Kier molecular flexibility index (Phi) is 7.31. The van der Waals surface area contributed by atoms with Crippen molar-refractivity contribution in [2.24, 2.45) is 15.3 Å². The van der Waals surface area contributed by atoms with Crippen LogP contribution >= 0.6 is 0 Å². The number of halogens is 3. The van der Waals surface area contributed by atoms with E-state index in [-0.39, 0.29) is 17.3 Å². The number of benzene rings is 2. The summed E-state index contributed by atoms with van der Waals surface area (Å²) in [6.45, 7) is 7.74. The lowest BCUT2D eigenvalue weighted by molar-refractivity contribution is -0.138. The largest absolute Gasteiger partial charge is 0.489 e. The number of anilines is 1. The minimum absolute atomic E-state index is 0.0291. The second kappa shape index (κ2) is 9.51. The van der Waals surface area contributed by atoms with Crippen LogP contribution in [0.5, 0.6) is 5.75 Å². The summed E-state index contributed by atoms with van der Waals surface area (Å²) in [5, 5.41) is 12.2. The van der Waals surface area contributed by atoms with E-state index in [0.29, 0.717) is 5.75 Å². The van der Waals surface area contributed by atoms with Gasteiger partial charge in [-0.1, -0.05) is 18.2 Å². The predicted molar refractivity (Wildman–Crippen MR) is 109 cm³/mol. The minimum atomic E-state index is -4.63. The Labute approximate surface area is 173 Å². The number of ether oxygens (including phenoxy) is 1. The van der Waals surface area contributed by atoms with E-state index in [1.807, 2.05) is 13.0 Å². The van der Waals surface area contributed by atoms with Gasteiger partial charge in [0.05, 0.1) is 17.3 Å². The second-order valence-electron chi connectivity index (χ2n) is 6.58. The van der Waals surface area contributed by atoms with Gasteiger partial charge >= 0.3 is 6.18 Å². The van der Waals surface area contributed by atoms with Gasteiger partial charge < -0.3 is 4.74 Å². The van der Waals surface area contributed by atoms with Crippen LogP contribution in [0.2, 0.25) is 0 Å². The van der Waals surface area contributed by atoms with E-state index in [4.69, 9.17) is 4.74 Å². The molecule has 0 aromatic heterocycles. The molecule has 6 nitrogen and oxygen atoms in total. The van der Waals surface area contributed by atoms with Crippen molar-refractivity contribution < 1.29 is 22.7 Å². The van der Waals surface area contributed by atoms with Gasteiger partial charge in [0.1, 0.15) is 12.4 Å². The van der Waals surface area contributed by atoms with E-state index >= 15 is 0 Å². The summed E-state index contributed by atoms with van der Waals surface area (Å²) in [6.07, 6.45) is -4.63. The Morgan fingerprint density at radius 1 is 1.27 bits per heavy atom. The summed E-state index contributed by atoms with van der Waals surface area (Å²) in [6, 6.07) is 8.68. The van der Waals surface area contributed by atoms with Crippen LogP contribution in [-0.4, -0.2) is 19.7 Å². The maximum Gasteiger partial charge on any atom is 0.416 e. The molecule has 0 saturated carbocycles. The zero-order chi connectivity index (χ0) is 22.5. The van der Waals surface area contributed by atoms with Crippen LogP contribution in [0.3, 0.4) is 0 Å². The number of nitrogens with zero attached hydrogens (tertiary/aromatic N) is 4. The molecule has 160 valence electrons. The van der Waals surface area contributed by atoms with Crippen molar-refractivity contribution in [3.63, 3.8) is 0 Å². The quantitative estimate of drug-likeness (QED) is 0.327. The molecule has 0 saturated heterocycles. The van der Waals surface area contributed by atoms with Gasteiger partial charge in [-0.25, -0.2) is 5.01 Å². The first kappa shape index (κ1) is 23.1. The first-order chi connectivity index (χ1) is 14.1. The molecule has 0 bridgehead atoms. The Morgan fingerprint density at radius 2 is 1.97 bits per heavy atom. The number of alkyl halides is 3. The molecule has 1 atom stereocenters. The molecule has 2 aromatic carbocycles. The molecule has 0 spiro atoms. The number of hydrazone groups is 1. The Bertz CT molecular complexity index is 958. The molecule has 0 radical (unpaired) electrons. The van der Waals surface area contributed by atoms with E-state index < -0.39 is 24.3 Å². The van der Waals surface area contributed by atoms with Gasteiger partial charge in [0.25, 0.3) is 0 Å². The van der Waals surface area contributed by atoms with E-state index in [2.05, 4.69) is 22.0 Å². The van der Waals surface area contributed by atoms with Crippen LogP contribution in [0.4, 0.5) is 18.9 Å². The molecule has 0 aliphatic carbocycles. The maximum absolute atomic E-state index is 13.6. The van der Waals surface area contributed by atoms with Gasteiger partial charge in [0.15, 0.2) is 0 Å². The van der Waals surface area contributed by atoms with Crippen LogP contribution in [0.15, 0.2) is 51.7 Å². The first-order valence-corrected chi connectivity index (χ1v) is 9.08. The molecule has 1 unspecified atom stereocenters. The van der Waals surface area contributed by atoms with Gasteiger partial charge in [0.2, 0.25) is 5.91 Å². The summed E-state index contributed by atoms with van der Waals surface area (Å²) in [5.74, 6) is -0.145. The lowest BCUT2D eigenvalue weighted by Gasteiger charge is -2.22. The van der Waals surface area contributed by atoms with Crippen LogP contribution in [0.25, 0.3) is 0 Å². The first-order valence-electron chi connectivity index (χ1n) is 9.08. The van der Waals surface area contributed by atoms with Gasteiger partial charge in [-0.3, -0.25) is 4.79 Å². The van der Waals surface area contributed by atoms with Gasteiger partial charge in [-0.15, -0.1) is 0 Å². The molecule has 0 aliphatic heterocycles. The minimum Gasteiger partial charge on any atom is -0.489 e. The molecular formula is C21H23F3N4O2. The fraction of sp³-hybridized carbons (Fsp3) is 0.333. The number of hydrogen-bond acceptors (Lipinski definition) is 5. The third kappa shape index (κ3) is 5.22. The highest BCUT2D eigenvalue weighted by Gasteiger charge is 2.35. The number of azo groups is 1. The van der Waals surface area contributed by atoms with Crippen molar-refractivity contribution in [3.05, 3.63) is 58.7 Å². The van der Waals surface area contributed by atoms with Crippen LogP contribution < -0.4 is 9.75 Å². The molecule has 2 rings (SSSR count). The highest BCUT2D eigenvalue weighted by Crippen LogP contribution is 2.37. The zero-order valence-electron chi connectivity index (χ0n) is 17.2. The standard InChI is InChI=1S/C21H23F3N4O2/c1-13-11-16(14(2)27-25-4)9-10-20(13)30-12-17-18(21(22,23)24)7-6-8-19(17)28(26-5)15(3)29/h6-11,14H,5,12H2,1-4H3. The number of rotatable bonds is 7. The summed E-state index contributed by atoms with van der Waals surface area (Å²) < 4.78 is 46.5. The molecular weight excluding hydrogens is 397 g/mol. The molecule has 0 aliphatic rings. The van der Waals surface area contributed by atoms with Crippen LogP contribution in [-0.2, 0) is 17.6 Å². The topological polar surface area (TPSA) is 66.6 Å². The SMILES string of the molecule is C=NN(C(C)=O)c1cccc(C(F)(F)F)c1COc1ccc(C(C)N=NC)cc1C. The fourth-order valence-electron chi connectivity index (χ4n) is 3.02. The van der Waals surface area contributed by atoms with E-state index in [1.165, 1.54) is 19.1 Å². The van der Waals surface area contributed by atoms with E-state index in [9.17, 15) is 18.0 Å². The second-order valence-corrected chi connectivity index (χ2v) is 6.58. The number of hydrogen-bond donors (Lipinski definition) is 0. The number of carbonyl (C=O) groups excluding carboxylic acids is 1. The van der Waals surface area contributed by atoms with Gasteiger partial charge in [0, 0.05) is 26.3 Å². The van der Waals surface area contributed by atoms with Crippen molar-refractivity contribution in [1.82, 2.24) is 0 Å². The molecule has 0 N–H and O–H groups in total. The van der Waals surface area contributed by atoms with Crippen LogP contribution in [0, 0.1) is 6.92 Å². The third-order valence-electron chi connectivity index (χ3n) is 4.47. The molecule has 0 heterocycles. The highest BCUT2D eigenvalue weighted by molar-refractivity contribution is 5.92. The Balaban J connectivity index is 2.42. The number of amides is 1. The smallest absolute Gasteiger partial charge is 0.416 e. The van der Waals surface area contributed by atoms with Crippen molar-refractivity contribution >= 4 is 18.3 Å². The van der Waals surface area contributed by atoms with Crippen LogP contribution in [0.1, 0.15) is 42.1 Å². The number of carbonyl (C=O) groups is 1. The van der Waals surface area contributed by atoms with Crippen molar-refractivity contribution in [1.29, 1.82) is 0 Å². The fourth-order valence-corrected chi connectivity index (χ4v) is 3.02. The summed E-state index contributed by atoms with van der Waals surface area (Å²) in [5.41, 5.74) is 0.506. The summed E-state index contributed by atoms with van der Waals surface area (Å²) >= 11 is 0. The van der Waals surface area contributed by atoms with E-state index in [1.54, 1.807) is 26.1 Å². The number of aryl methyl sites for hydroxylation is 1. The van der Waals surface area contributed by atoms with Crippen molar-refractivity contribution in [2.75, 3.05) is 12.1 Å². The van der Waals surface area contributed by atoms with Crippen molar-refractivity contribution in [3.8, 4) is 5.75 Å².